The monoisotopic (exact) mass is 427 g/mol. The Morgan fingerprint density at radius 2 is 1.71 bits per heavy atom. The number of benzene rings is 1. The second-order valence-electron chi connectivity index (χ2n) is 8.26. The molecule has 0 atom stereocenters. The lowest BCUT2D eigenvalue weighted by Crippen LogP contribution is -2.43. The molecule has 0 unspecified atom stereocenters. The number of likely N-dealkylation sites (tertiary alicyclic amines) is 1. The number of nitrogens with two attached hydrogens (primary N) is 1. The number of hydrogen-bond donors (Lipinski definition) is 2. The number of carbonyl (C=O) groups excluding carboxylic acids is 2. The van der Waals surface area contributed by atoms with E-state index in [1.165, 1.54) is 11.6 Å². The van der Waals surface area contributed by atoms with Crippen LogP contribution in [0.4, 0.5) is 11.5 Å². The first kappa shape index (κ1) is 22.3. The van der Waals surface area contributed by atoms with Gasteiger partial charge in [-0.15, -0.1) is 0 Å². The molecule has 31 heavy (non-hydrogen) atoms. The van der Waals surface area contributed by atoms with E-state index in [-0.39, 0.29) is 29.8 Å². The molecule has 1 aromatic heterocycles. The van der Waals surface area contributed by atoms with Gasteiger partial charge in [0.05, 0.1) is 6.54 Å². The van der Waals surface area contributed by atoms with Crippen LogP contribution in [0.15, 0.2) is 33.9 Å². The van der Waals surface area contributed by atoms with Crippen LogP contribution in [0.3, 0.4) is 0 Å². The Bertz CT molecular complexity index is 1090. The predicted octanol–water partition coefficient (Wildman–Crippen LogP) is 1.32. The molecule has 3 N–H and O–H groups in total. The maximum Gasteiger partial charge on any atom is 0.332 e. The van der Waals surface area contributed by atoms with Crippen molar-refractivity contribution in [2.45, 2.75) is 33.2 Å². The van der Waals surface area contributed by atoms with Gasteiger partial charge in [-0.05, 0) is 43.0 Å². The van der Waals surface area contributed by atoms with Gasteiger partial charge in [0.1, 0.15) is 11.4 Å². The smallest absolute Gasteiger partial charge is 0.332 e. The first-order valence-corrected chi connectivity index (χ1v) is 10.5. The largest absolute Gasteiger partial charge is 0.384 e. The van der Waals surface area contributed by atoms with Crippen molar-refractivity contribution >= 4 is 23.2 Å². The SMILES string of the molecule is CC(C)Cn1c(N)c(C(=O)CNc2ccc(C(=O)N3CCCC3)cc2)c(=O)n(C)c1=O. The van der Waals surface area contributed by atoms with Crippen molar-refractivity contribution in [3.05, 3.63) is 56.2 Å². The van der Waals surface area contributed by atoms with Crippen molar-refractivity contribution in [2.75, 3.05) is 30.7 Å². The van der Waals surface area contributed by atoms with E-state index in [0.29, 0.717) is 17.8 Å². The minimum atomic E-state index is -0.708. The van der Waals surface area contributed by atoms with Crippen LogP contribution in [-0.4, -0.2) is 45.4 Å². The molecule has 9 nitrogen and oxygen atoms in total. The summed E-state index contributed by atoms with van der Waals surface area (Å²) in [7, 11) is 1.33. The van der Waals surface area contributed by atoms with Crippen LogP contribution in [0.2, 0.25) is 0 Å². The standard InChI is InChI=1S/C22H29N5O4/c1-14(2)13-27-19(23)18(21(30)25(3)22(27)31)17(28)12-24-16-8-6-15(7-9-16)20(29)26-10-4-5-11-26/h6-9,14,24H,4-5,10-13,23H2,1-3H3. The number of nitrogens with one attached hydrogen (secondary N) is 1. The lowest BCUT2D eigenvalue weighted by atomic mass is 10.1. The molecule has 0 bridgehead atoms. The summed E-state index contributed by atoms with van der Waals surface area (Å²) >= 11 is 0. The average molecular weight is 428 g/mol. The van der Waals surface area contributed by atoms with Crippen molar-refractivity contribution in [1.82, 2.24) is 14.0 Å². The molecule has 9 heteroatoms. The van der Waals surface area contributed by atoms with Crippen LogP contribution in [0.25, 0.3) is 0 Å². The quantitative estimate of drug-likeness (QED) is 0.643. The highest BCUT2D eigenvalue weighted by atomic mass is 16.2. The second-order valence-corrected chi connectivity index (χ2v) is 8.26. The first-order chi connectivity index (χ1) is 14.7. The number of rotatable bonds is 7. The fourth-order valence-corrected chi connectivity index (χ4v) is 3.69. The van der Waals surface area contributed by atoms with Crippen molar-refractivity contribution in [2.24, 2.45) is 13.0 Å². The zero-order chi connectivity index (χ0) is 22.7. The minimum absolute atomic E-state index is 0.00352. The van der Waals surface area contributed by atoms with E-state index in [0.717, 1.165) is 30.5 Å². The molecule has 2 heterocycles. The molecule has 1 aliphatic rings. The summed E-state index contributed by atoms with van der Waals surface area (Å²) in [5, 5.41) is 2.96. The fourth-order valence-electron chi connectivity index (χ4n) is 3.69. The topological polar surface area (TPSA) is 119 Å². The normalized spacial score (nSPS) is 13.6. The highest BCUT2D eigenvalue weighted by Crippen LogP contribution is 2.16. The van der Waals surface area contributed by atoms with Crippen LogP contribution in [-0.2, 0) is 13.6 Å². The predicted molar refractivity (Wildman–Crippen MR) is 120 cm³/mol. The van der Waals surface area contributed by atoms with Gasteiger partial charge in [0, 0.05) is 37.9 Å². The van der Waals surface area contributed by atoms with Crippen molar-refractivity contribution in [3.8, 4) is 0 Å². The molecule has 1 saturated heterocycles. The number of nitrogens with zero attached hydrogens (tertiary/aromatic N) is 3. The number of Topliss-reactive ketones (excluding diaryl/α,β-unsaturated/α-hetero) is 1. The van der Waals surface area contributed by atoms with E-state index in [1.54, 1.807) is 24.3 Å². The average Bonchev–Trinajstić information content (AvgIpc) is 3.28. The van der Waals surface area contributed by atoms with Gasteiger partial charge >= 0.3 is 5.69 Å². The third-order valence-electron chi connectivity index (χ3n) is 5.39. The van der Waals surface area contributed by atoms with Crippen LogP contribution in [0, 0.1) is 5.92 Å². The van der Waals surface area contributed by atoms with E-state index in [9.17, 15) is 19.2 Å². The summed E-state index contributed by atoms with van der Waals surface area (Å²) in [6, 6.07) is 6.86. The number of anilines is 2. The van der Waals surface area contributed by atoms with Crippen LogP contribution in [0.5, 0.6) is 0 Å². The van der Waals surface area contributed by atoms with E-state index in [1.807, 2.05) is 18.7 Å². The number of carbonyl (C=O) groups is 2. The molecule has 0 spiro atoms. The van der Waals surface area contributed by atoms with Gasteiger partial charge in [-0.3, -0.25) is 23.5 Å². The summed E-state index contributed by atoms with van der Waals surface area (Å²) in [5.74, 6) is -0.503. The maximum absolute atomic E-state index is 12.8. The summed E-state index contributed by atoms with van der Waals surface area (Å²) < 4.78 is 2.17. The Balaban J connectivity index is 1.75. The Kier molecular flexibility index (Phi) is 6.62. The molecule has 1 aliphatic heterocycles. The Hall–Kier alpha value is -3.36. The van der Waals surface area contributed by atoms with Crippen LogP contribution >= 0.6 is 0 Å². The highest BCUT2D eigenvalue weighted by Gasteiger charge is 2.22. The van der Waals surface area contributed by atoms with Gasteiger partial charge in [-0.2, -0.15) is 0 Å². The summed E-state index contributed by atoms with van der Waals surface area (Å²) in [6.45, 7) is 5.53. The lowest BCUT2D eigenvalue weighted by molar-refractivity contribution is 0.0792. The molecular weight excluding hydrogens is 398 g/mol. The van der Waals surface area contributed by atoms with Gasteiger partial charge < -0.3 is 16.0 Å². The van der Waals surface area contributed by atoms with Crippen molar-refractivity contribution in [1.29, 1.82) is 0 Å². The molecule has 0 radical (unpaired) electrons. The zero-order valence-electron chi connectivity index (χ0n) is 18.2. The van der Waals surface area contributed by atoms with Crippen LogP contribution < -0.4 is 22.3 Å². The Morgan fingerprint density at radius 1 is 1.10 bits per heavy atom. The number of aromatic nitrogens is 2. The number of amides is 1. The molecule has 0 saturated carbocycles. The second kappa shape index (κ2) is 9.20. The van der Waals surface area contributed by atoms with Gasteiger partial charge in [-0.25, -0.2) is 4.79 Å². The Labute approximate surface area is 180 Å². The van der Waals surface area contributed by atoms with E-state index < -0.39 is 17.0 Å². The molecule has 1 fully saturated rings. The maximum atomic E-state index is 12.8. The van der Waals surface area contributed by atoms with Crippen molar-refractivity contribution < 1.29 is 9.59 Å². The third kappa shape index (κ3) is 4.70. The van der Waals surface area contributed by atoms with E-state index in [4.69, 9.17) is 5.73 Å². The lowest BCUT2D eigenvalue weighted by Gasteiger charge is -2.16. The molecule has 0 aliphatic carbocycles. The zero-order valence-corrected chi connectivity index (χ0v) is 18.2. The third-order valence-corrected chi connectivity index (χ3v) is 5.39. The summed E-state index contributed by atoms with van der Waals surface area (Å²) in [4.78, 5) is 51.9. The van der Waals surface area contributed by atoms with Crippen LogP contribution in [0.1, 0.15) is 47.4 Å². The highest BCUT2D eigenvalue weighted by molar-refractivity contribution is 6.02. The number of nitrogen functional groups attached to an aromatic ring is 1. The molecular formula is C22H29N5O4. The molecule has 1 amide bonds. The summed E-state index contributed by atoms with van der Waals surface area (Å²) in [6.07, 6.45) is 2.06. The number of ketones is 1. The van der Waals surface area contributed by atoms with E-state index >= 15 is 0 Å². The van der Waals surface area contributed by atoms with Gasteiger partial charge in [0.2, 0.25) is 0 Å². The van der Waals surface area contributed by atoms with Gasteiger partial charge in [-0.1, -0.05) is 13.8 Å². The first-order valence-electron chi connectivity index (χ1n) is 10.5. The van der Waals surface area contributed by atoms with Gasteiger partial charge in [0.15, 0.2) is 5.78 Å². The number of hydrogen-bond acceptors (Lipinski definition) is 6. The van der Waals surface area contributed by atoms with Crippen molar-refractivity contribution in [3.63, 3.8) is 0 Å². The minimum Gasteiger partial charge on any atom is -0.384 e. The Morgan fingerprint density at radius 3 is 2.29 bits per heavy atom. The molecule has 3 rings (SSSR count). The summed E-state index contributed by atoms with van der Waals surface area (Å²) in [5.41, 5.74) is 5.83. The molecule has 1 aromatic carbocycles. The van der Waals surface area contributed by atoms with Gasteiger partial charge in [0.25, 0.3) is 11.5 Å². The molecule has 2 aromatic rings. The van der Waals surface area contributed by atoms with E-state index in [2.05, 4.69) is 5.32 Å². The molecule has 166 valence electrons. The fraction of sp³-hybridized carbons (Fsp3) is 0.455.